The van der Waals surface area contributed by atoms with E-state index in [1.165, 1.54) is 94.6 Å². The minimum absolute atomic E-state index is 0.0554. The van der Waals surface area contributed by atoms with Gasteiger partial charge in [-0.15, -0.1) is 11.3 Å². The van der Waals surface area contributed by atoms with Crippen molar-refractivity contribution in [1.82, 2.24) is 4.98 Å². The first kappa shape index (κ1) is 35.8. The summed E-state index contributed by atoms with van der Waals surface area (Å²) in [6.45, 7) is 16.6. The maximum atomic E-state index is 3.88. The second-order valence-electron chi connectivity index (χ2n) is 18.6. The smallest absolute Gasteiger partial charge is 0.0647 e. The van der Waals surface area contributed by atoms with E-state index in [0.717, 1.165) is 16.9 Å². The zero-order valence-corrected chi connectivity index (χ0v) is 34.9. The van der Waals surface area contributed by atoms with Crippen LogP contribution >= 0.6 is 11.3 Å². The molecule has 0 amide bonds. The number of benzene rings is 7. The fraction of sp³-hybridized carbons (Fsp3) is 0.222. The predicted octanol–water partition coefficient (Wildman–Crippen LogP) is 16.1. The maximum Gasteiger partial charge on any atom is 0.0647 e. The van der Waals surface area contributed by atoms with Gasteiger partial charge in [0, 0.05) is 48.7 Å². The van der Waals surface area contributed by atoms with E-state index >= 15 is 0 Å². The van der Waals surface area contributed by atoms with Crippen molar-refractivity contribution in [3.63, 3.8) is 0 Å². The third kappa shape index (κ3) is 5.98. The normalized spacial score (nSPS) is 15.1. The van der Waals surface area contributed by atoms with E-state index in [1.807, 2.05) is 11.3 Å². The number of fused-ring (bicyclic) bond motifs is 7. The standard InChI is InChI=1S/C54H50N2S/c1-52(2,3)38-21-23-39(24-22-38)56(48-33-57-49-32-46-45(31-44(48)49)53(4,5)26-27-54(46,6)7)40-29-36(34-14-9-8-10-15-34)28-37(30-40)42-18-13-19-43-50-41-17-12-11-16-35(41)20-25-47(50)55-51(42)43/h8-25,28-33,55H,26-27H2,1-7H3. The molecule has 3 heteroatoms. The van der Waals surface area contributed by atoms with Crippen LogP contribution in [0, 0.1) is 0 Å². The molecular weight excluding hydrogens is 709 g/mol. The third-order valence-corrected chi connectivity index (χ3v) is 13.8. The van der Waals surface area contributed by atoms with E-state index in [1.54, 1.807) is 0 Å². The molecule has 0 atom stereocenters. The first-order valence-electron chi connectivity index (χ1n) is 20.5. The lowest BCUT2D eigenvalue weighted by atomic mass is 9.63. The molecule has 0 spiro atoms. The van der Waals surface area contributed by atoms with Crippen LogP contribution < -0.4 is 4.90 Å². The van der Waals surface area contributed by atoms with Gasteiger partial charge in [0.15, 0.2) is 0 Å². The summed E-state index contributed by atoms with van der Waals surface area (Å²) in [5.41, 5.74) is 15.3. The van der Waals surface area contributed by atoms with Crippen molar-refractivity contribution in [1.29, 1.82) is 0 Å². The summed E-state index contributed by atoms with van der Waals surface area (Å²) in [5, 5.41) is 8.78. The molecule has 0 radical (unpaired) electrons. The minimum atomic E-state index is 0.0554. The number of para-hydroxylation sites is 1. The average molecular weight is 759 g/mol. The van der Waals surface area contributed by atoms with E-state index in [0.29, 0.717) is 0 Å². The Balaban J connectivity index is 1.24. The van der Waals surface area contributed by atoms with Gasteiger partial charge in [0.05, 0.1) is 11.2 Å². The molecule has 1 N–H and O–H groups in total. The van der Waals surface area contributed by atoms with Gasteiger partial charge in [0.1, 0.15) is 0 Å². The van der Waals surface area contributed by atoms with Crippen molar-refractivity contribution in [2.75, 3.05) is 4.90 Å². The van der Waals surface area contributed by atoms with E-state index in [-0.39, 0.29) is 16.2 Å². The molecule has 0 aliphatic heterocycles. The Morgan fingerprint density at radius 3 is 2.02 bits per heavy atom. The number of aromatic nitrogens is 1. The highest BCUT2D eigenvalue weighted by Gasteiger charge is 2.38. The lowest BCUT2D eigenvalue weighted by Gasteiger charge is -2.42. The summed E-state index contributed by atoms with van der Waals surface area (Å²) < 4.78 is 1.35. The number of hydrogen-bond acceptors (Lipinski definition) is 2. The number of H-pyrrole nitrogens is 1. The van der Waals surface area contributed by atoms with Crippen LogP contribution in [-0.4, -0.2) is 4.98 Å². The van der Waals surface area contributed by atoms with Crippen molar-refractivity contribution in [2.45, 2.75) is 77.6 Å². The van der Waals surface area contributed by atoms with Gasteiger partial charge < -0.3 is 9.88 Å². The number of thiophene rings is 1. The molecule has 10 rings (SSSR count). The Bertz CT molecular complexity index is 2990. The molecule has 2 heterocycles. The molecule has 9 aromatic rings. The van der Waals surface area contributed by atoms with E-state index in [2.05, 4.69) is 203 Å². The Hall–Kier alpha value is -5.64. The molecule has 1 aliphatic rings. The van der Waals surface area contributed by atoms with Gasteiger partial charge in [-0.05, 0) is 122 Å². The van der Waals surface area contributed by atoms with Crippen LogP contribution in [0.1, 0.15) is 78.0 Å². The molecule has 0 saturated heterocycles. The predicted molar refractivity (Wildman–Crippen MR) is 248 cm³/mol. The van der Waals surface area contributed by atoms with Crippen LogP contribution in [0.25, 0.3) is 64.9 Å². The van der Waals surface area contributed by atoms with E-state index in [9.17, 15) is 0 Å². The Kier molecular flexibility index (Phi) is 8.12. The monoisotopic (exact) mass is 758 g/mol. The van der Waals surface area contributed by atoms with Gasteiger partial charge in [-0.3, -0.25) is 0 Å². The van der Waals surface area contributed by atoms with E-state index < -0.39 is 0 Å². The van der Waals surface area contributed by atoms with Crippen LogP contribution in [0.15, 0.2) is 145 Å². The van der Waals surface area contributed by atoms with Gasteiger partial charge in [-0.2, -0.15) is 0 Å². The Morgan fingerprint density at radius 2 is 1.26 bits per heavy atom. The summed E-state index contributed by atoms with van der Waals surface area (Å²) in [5.74, 6) is 0. The SMILES string of the molecule is CC(C)(C)c1ccc(N(c2cc(-c3ccccc3)cc(-c3cccc4c3[nH]c3ccc5ccccc5c34)c2)c2csc3cc4c(cc23)C(C)(C)CCC4(C)C)cc1. The van der Waals surface area contributed by atoms with Crippen molar-refractivity contribution < 1.29 is 0 Å². The molecule has 282 valence electrons. The lowest BCUT2D eigenvalue weighted by molar-refractivity contribution is 0.332. The Labute approximate surface area is 340 Å². The van der Waals surface area contributed by atoms with Crippen molar-refractivity contribution in [3.8, 4) is 22.3 Å². The topological polar surface area (TPSA) is 19.0 Å². The van der Waals surface area contributed by atoms with Crippen LogP contribution in [-0.2, 0) is 16.2 Å². The van der Waals surface area contributed by atoms with Gasteiger partial charge in [-0.25, -0.2) is 0 Å². The van der Waals surface area contributed by atoms with Crippen molar-refractivity contribution in [2.24, 2.45) is 0 Å². The van der Waals surface area contributed by atoms with Crippen molar-refractivity contribution in [3.05, 3.63) is 162 Å². The molecule has 0 fully saturated rings. The zero-order chi connectivity index (χ0) is 39.3. The molecule has 1 aliphatic carbocycles. The lowest BCUT2D eigenvalue weighted by Crippen LogP contribution is -2.33. The quantitative estimate of drug-likeness (QED) is 0.185. The van der Waals surface area contributed by atoms with Crippen LogP contribution in [0.3, 0.4) is 0 Å². The highest BCUT2D eigenvalue weighted by Crippen LogP contribution is 2.51. The number of nitrogens with one attached hydrogen (secondary N) is 1. The number of anilines is 3. The largest absolute Gasteiger partial charge is 0.354 e. The molecule has 7 aromatic carbocycles. The summed E-state index contributed by atoms with van der Waals surface area (Å²) in [6, 6.07) is 52.4. The second kappa shape index (κ2) is 12.9. The summed E-state index contributed by atoms with van der Waals surface area (Å²) in [7, 11) is 0. The highest BCUT2D eigenvalue weighted by molar-refractivity contribution is 7.17. The van der Waals surface area contributed by atoms with Gasteiger partial charge in [0.2, 0.25) is 0 Å². The van der Waals surface area contributed by atoms with Crippen LogP contribution in [0.5, 0.6) is 0 Å². The molecule has 2 nitrogen and oxygen atoms in total. The molecular formula is C54H50N2S. The first-order chi connectivity index (χ1) is 27.4. The second-order valence-corrected chi connectivity index (χ2v) is 19.5. The third-order valence-electron chi connectivity index (χ3n) is 12.9. The first-order valence-corrected chi connectivity index (χ1v) is 21.3. The number of aromatic amines is 1. The molecule has 0 saturated carbocycles. The summed E-state index contributed by atoms with van der Waals surface area (Å²) in [4.78, 5) is 6.40. The number of hydrogen-bond donors (Lipinski definition) is 1. The number of rotatable bonds is 5. The van der Waals surface area contributed by atoms with Crippen LogP contribution in [0.4, 0.5) is 17.1 Å². The molecule has 2 aromatic heterocycles. The summed E-state index contributed by atoms with van der Waals surface area (Å²) >= 11 is 1.87. The Morgan fingerprint density at radius 1 is 0.579 bits per heavy atom. The number of nitrogens with zero attached hydrogens (tertiary/aromatic N) is 1. The van der Waals surface area contributed by atoms with Crippen molar-refractivity contribution >= 4 is 71.1 Å². The molecule has 57 heavy (non-hydrogen) atoms. The zero-order valence-electron chi connectivity index (χ0n) is 34.1. The average Bonchev–Trinajstić information content (AvgIpc) is 3.81. The maximum absolute atomic E-state index is 3.88. The fourth-order valence-corrected chi connectivity index (χ4v) is 10.4. The van der Waals surface area contributed by atoms with Gasteiger partial charge >= 0.3 is 0 Å². The molecule has 0 unspecified atom stereocenters. The van der Waals surface area contributed by atoms with Gasteiger partial charge in [0.25, 0.3) is 0 Å². The van der Waals surface area contributed by atoms with E-state index in [4.69, 9.17) is 0 Å². The van der Waals surface area contributed by atoms with Crippen LogP contribution in [0.2, 0.25) is 0 Å². The molecule has 0 bridgehead atoms. The highest BCUT2D eigenvalue weighted by atomic mass is 32.1. The van der Waals surface area contributed by atoms with Gasteiger partial charge in [-0.1, -0.05) is 139 Å². The summed E-state index contributed by atoms with van der Waals surface area (Å²) in [6.07, 6.45) is 2.39. The fourth-order valence-electron chi connectivity index (χ4n) is 9.41. The minimum Gasteiger partial charge on any atom is -0.354 e.